The highest BCUT2D eigenvalue weighted by Crippen LogP contribution is 2.16. The Balaban J connectivity index is 2.21. The van der Waals surface area contributed by atoms with Crippen LogP contribution in [0.25, 0.3) is 5.69 Å². The average Bonchev–Trinajstić information content (AvgIpc) is 2.78. The number of alkyl halides is 1. The van der Waals surface area contributed by atoms with E-state index in [0.717, 1.165) is 23.1 Å². The molecule has 1 aromatic heterocycles. The normalized spacial score (nSPS) is 11.1. The first-order valence-corrected chi connectivity index (χ1v) is 6.90. The molecular formula is C13H16BrN3. The van der Waals surface area contributed by atoms with Crippen LogP contribution in [0.15, 0.2) is 30.5 Å². The second kappa shape index (κ2) is 5.45. The van der Waals surface area contributed by atoms with Gasteiger partial charge in [-0.2, -0.15) is 0 Å². The minimum absolute atomic E-state index is 0.559. The Kier molecular flexibility index (Phi) is 3.94. The first-order chi connectivity index (χ1) is 8.20. The summed E-state index contributed by atoms with van der Waals surface area (Å²) >= 11 is 3.40. The third-order valence-electron chi connectivity index (χ3n) is 2.72. The highest BCUT2D eigenvalue weighted by atomic mass is 79.9. The third-order valence-corrected chi connectivity index (χ3v) is 3.11. The molecule has 0 unspecified atom stereocenters. The molecule has 0 aliphatic rings. The van der Waals surface area contributed by atoms with Gasteiger partial charge in [-0.15, -0.1) is 5.10 Å². The molecule has 0 amide bonds. The Labute approximate surface area is 110 Å². The standard InChI is InChI=1S/C13H16BrN3/c1-10(2)11-3-5-13(6-4-11)17-9-12(7-8-14)15-16-17/h3-6,9-10H,7-8H2,1-2H3. The molecule has 0 bridgehead atoms. The smallest absolute Gasteiger partial charge is 0.0840 e. The molecule has 0 saturated heterocycles. The first kappa shape index (κ1) is 12.3. The SMILES string of the molecule is CC(C)c1ccc(-n2cc(CCBr)nn2)cc1. The van der Waals surface area contributed by atoms with Crippen molar-refractivity contribution in [3.8, 4) is 5.69 Å². The Morgan fingerprint density at radius 3 is 2.53 bits per heavy atom. The molecule has 17 heavy (non-hydrogen) atoms. The molecule has 3 nitrogen and oxygen atoms in total. The zero-order valence-electron chi connectivity index (χ0n) is 10.1. The zero-order valence-corrected chi connectivity index (χ0v) is 11.7. The monoisotopic (exact) mass is 293 g/mol. The molecule has 0 saturated carbocycles. The van der Waals surface area contributed by atoms with Gasteiger partial charge in [-0.25, -0.2) is 4.68 Å². The van der Waals surface area contributed by atoms with Crippen LogP contribution in [0.4, 0.5) is 0 Å². The van der Waals surface area contributed by atoms with E-state index in [1.54, 1.807) is 0 Å². The summed E-state index contributed by atoms with van der Waals surface area (Å²) < 4.78 is 1.82. The third kappa shape index (κ3) is 2.94. The van der Waals surface area contributed by atoms with Gasteiger partial charge in [0.1, 0.15) is 0 Å². The highest BCUT2D eigenvalue weighted by molar-refractivity contribution is 9.09. The summed E-state index contributed by atoms with van der Waals surface area (Å²) in [5, 5.41) is 9.16. The van der Waals surface area contributed by atoms with Gasteiger partial charge in [0.2, 0.25) is 0 Å². The molecule has 0 spiro atoms. The molecule has 0 fully saturated rings. The van der Waals surface area contributed by atoms with E-state index in [2.05, 4.69) is 64.4 Å². The minimum atomic E-state index is 0.559. The molecule has 2 aromatic rings. The van der Waals surface area contributed by atoms with Crippen molar-refractivity contribution in [1.29, 1.82) is 0 Å². The van der Waals surface area contributed by atoms with Crippen LogP contribution in [0.3, 0.4) is 0 Å². The van der Waals surface area contributed by atoms with Gasteiger partial charge in [0.05, 0.1) is 17.6 Å². The van der Waals surface area contributed by atoms with Gasteiger partial charge < -0.3 is 0 Å². The minimum Gasteiger partial charge on any atom is -0.220 e. The number of halogens is 1. The molecule has 0 atom stereocenters. The van der Waals surface area contributed by atoms with Crippen molar-refractivity contribution in [3.05, 3.63) is 41.7 Å². The topological polar surface area (TPSA) is 30.7 Å². The van der Waals surface area contributed by atoms with E-state index in [9.17, 15) is 0 Å². The molecule has 90 valence electrons. The van der Waals surface area contributed by atoms with Crippen molar-refractivity contribution in [2.24, 2.45) is 0 Å². The van der Waals surface area contributed by atoms with Gasteiger partial charge in [0, 0.05) is 11.8 Å². The van der Waals surface area contributed by atoms with E-state index < -0.39 is 0 Å². The van der Waals surface area contributed by atoms with Gasteiger partial charge in [0.25, 0.3) is 0 Å². The second-order valence-electron chi connectivity index (χ2n) is 4.34. The van der Waals surface area contributed by atoms with Crippen molar-refractivity contribution in [3.63, 3.8) is 0 Å². The summed E-state index contributed by atoms with van der Waals surface area (Å²) in [6, 6.07) is 8.46. The van der Waals surface area contributed by atoms with Gasteiger partial charge >= 0.3 is 0 Å². The predicted molar refractivity (Wildman–Crippen MR) is 72.9 cm³/mol. The second-order valence-corrected chi connectivity index (χ2v) is 5.13. The summed E-state index contributed by atoms with van der Waals surface area (Å²) in [6.07, 6.45) is 2.88. The molecule has 1 aromatic carbocycles. The van der Waals surface area contributed by atoms with Crippen LogP contribution in [0.1, 0.15) is 31.0 Å². The number of benzene rings is 1. The van der Waals surface area contributed by atoms with Gasteiger partial charge in [-0.05, 0) is 23.6 Å². The number of nitrogens with zero attached hydrogens (tertiary/aromatic N) is 3. The molecule has 4 heteroatoms. The van der Waals surface area contributed by atoms with Crippen LogP contribution in [0.2, 0.25) is 0 Å². The number of aryl methyl sites for hydroxylation is 1. The number of hydrogen-bond donors (Lipinski definition) is 0. The van der Waals surface area contributed by atoms with Crippen LogP contribution < -0.4 is 0 Å². The van der Waals surface area contributed by atoms with E-state index in [0.29, 0.717) is 5.92 Å². The lowest BCUT2D eigenvalue weighted by Gasteiger charge is -2.06. The Hall–Kier alpha value is -1.16. The summed E-state index contributed by atoms with van der Waals surface area (Å²) in [6.45, 7) is 4.39. The molecular weight excluding hydrogens is 278 g/mol. The maximum absolute atomic E-state index is 4.13. The fraction of sp³-hybridized carbons (Fsp3) is 0.385. The Morgan fingerprint density at radius 2 is 1.94 bits per heavy atom. The van der Waals surface area contributed by atoms with Crippen molar-refractivity contribution in [2.45, 2.75) is 26.2 Å². The molecule has 1 heterocycles. The fourth-order valence-electron chi connectivity index (χ4n) is 1.65. The van der Waals surface area contributed by atoms with Crippen LogP contribution in [0.5, 0.6) is 0 Å². The number of hydrogen-bond acceptors (Lipinski definition) is 2. The number of aromatic nitrogens is 3. The van der Waals surface area contributed by atoms with Crippen LogP contribution in [-0.4, -0.2) is 20.3 Å². The lowest BCUT2D eigenvalue weighted by atomic mass is 10.0. The van der Waals surface area contributed by atoms with E-state index in [1.807, 2.05) is 10.9 Å². The lowest BCUT2D eigenvalue weighted by molar-refractivity contribution is 0.795. The van der Waals surface area contributed by atoms with E-state index in [4.69, 9.17) is 0 Å². The summed E-state index contributed by atoms with van der Waals surface area (Å²) in [4.78, 5) is 0. The molecule has 0 aliphatic heterocycles. The summed E-state index contributed by atoms with van der Waals surface area (Å²) in [7, 11) is 0. The van der Waals surface area contributed by atoms with Crippen LogP contribution in [0, 0.1) is 0 Å². The average molecular weight is 294 g/mol. The van der Waals surface area contributed by atoms with Crippen molar-refractivity contribution in [2.75, 3.05) is 5.33 Å². The molecule has 0 radical (unpaired) electrons. The lowest BCUT2D eigenvalue weighted by Crippen LogP contribution is -1.95. The van der Waals surface area contributed by atoms with Gasteiger partial charge in [0.15, 0.2) is 0 Å². The van der Waals surface area contributed by atoms with Crippen LogP contribution in [-0.2, 0) is 6.42 Å². The zero-order chi connectivity index (χ0) is 12.3. The van der Waals surface area contributed by atoms with Crippen molar-refractivity contribution >= 4 is 15.9 Å². The van der Waals surface area contributed by atoms with Crippen LogP contribution >= 0.6 is 15.9 Å². The first-order valence-electron chi connectivity index (χ1n) is 5.78. The Morgan fingerprint density at radius 1 is 1.24 bits per heavy atom. The predicted octanol–water partition coefficient (Wildman–Crippen LogP) is 3.33. The van der Waals surface area contributed by atoms with E-state index in [1.165, 1.54) is 5.56 Å². The van der Waals surface area contributed by atoms with Gasteiger partial charge in [-0.1, -0.05) is 47.1 Å². The van der Waals surface area contributed by atoms with Crippen molar-refractivity contribution < 1.29 is 0 Å². The Bertz CT molecular complexity index is 474. The largest absolute Gasteiger partial charge is 0.220 e. The van der Waals surface area contributed by atoms with Crippen molar-refractivity contribution in [1.82, 2.24) is 15.0 Å². The molecule has 2 rings (SSSR count). The highest BCUT2D eigenvalue weighted by Gasteiger charge is 2.03. The van der Waals surface area contributed by atoms with Gasteiger partial charge in [-0.3, -0.25) is 0 Å². The van der Waals surface area contributed by atoms with E-state index in [-0.39, 0.29) is 0 Å². The quantitative estimate of drug-likeness (QED) is 0.810. The summed E-state index contributed by atoms with van der Waals surface area (Å²) in [5.74, 6) is 0.559. The molecule has 0 N–H and O–H groups in total. The molecule has 0 aliphatic carbocycles. The number of rotatable bonds is 4. The maximum Gasteiger partial charge on any atom is 0.0840 e. The maximum atomic E-state index is 4.13. The van der Waals surface area contributed by atoms with E-state index >= 15 is 0 Å². The summed E-state index contributed by atoms with van der Waals surface area (Å²) in [5.41, 5.74) is 3.41. The fourth-order valence-corrected chi connectivity index (χ4v) is 2.05.